The molecule has 2 unspecified atom stereocenters. The Morgan fingerprint density at radius 2 is 1.81 bits per heavy atom. The Morgan fingerprint density at radius 3 is 2.25 bits per heavy atom. The van der Waals surface area contributed by atoms with E-state index in [4.69, 9.17) is 0 Å². The highest BCUT2D eigenvalue weighted by Gasteiger charge is 2.20. The first-order valence-corrected chi connectivity index (χ1v) is 6.18. The minimum absolute atomic E-state index is 0.575. The maximum atomic E-state index is 9.84. The van der Waals surface area contributed by atoms with Gasteiger partial charge >= 0.3 is 0 Å². The van der Waals surface area contributed by atoms with E-state index in [2.05, 4.69) is 12.1 Å². The summed E-state index contributed by atoms with van der Waals surface area (Å²) in [6.45, 7) is 1.87. The summed E-state index contributed by atoms with van der Waals surface area (Å²) in [5.41, 5.74) is 2.19. The smallest absolute Gasteiger partial charge is 0.105 e. The summed E-state index contributed by atoms with van der Waals surface area (Å²) < 4.78 is 0. The minimum atomic E-state index is -0.750. The highest BCUT2D eigenvalue weighted by atomic mass is 16.3. The van der Waals surface area contributed by atoms with Crippen molar-refractivity contribution in [1.29, 1.82) is 0 Å². The predicted molar refractivity (Wildman–Crippen MR) is 64.3 cm³/mol. The van der Waals surface area contributed by atoms with E-state index in [9.17, 15) is 10.2 Å². The molecule has 0 spiro atoms. The van der Waals surface area contributed by atoms with Crippen LogP contribution in [0, 0.1) is 0 Å². The Labute approximate surface area is 96.9 Å². The van der Waals surface area contributed by atoms with Crippen molar-refractivity contribution in [3.63, 3.8) is 0 Å². The van der Waals surface area contributed by atoms with Crippen LogP contribution in [-0.2, 0) is 0 Å². The van der Waals surface area contributed by atoms with Crippen LogP contribution in [0.1, 0.15) is 55.8 Å². The molecule has 0 saturated heterocycles. The molecule has 0 radical (unpaired) electrons. The SMILES string of the molecule is CCC(O)C(O)c1ccc(C2CCC2)cc1. The summed E-state index contributed by atoms with van der Waals surface area (Å²) in [4.78, 5) is 0. The Bertz CT molecular complexity index is 327. The van der Waals surface area contributed by atoms with Crippen molar-refractivity contribution >= 4 is 0 Å². The lowest BCUT2D eigenvalue weighted by Gasteiger charge is -2.26. The van der Waals surface area contributed by atoms with Gasteiger partial charge < -0.3 is 10.2 Å². The van der Waals surface area contributed by atoms with Crippen molar-refractivity contribution < 1.29 is 10.2 Å². The molecule has 0 aliphatic heterocycles. The molecule has 1 aromatic rings. The zero-order valence-electron chi connectivity index (χ0n) is 9.76. The second kappa shape index (κ2) is 4.98. The molecule has 1 saturated carbocycles. The van der Waals surface area contributed by atoms with Crippen LogP contribution in [0.4, 0.5) is 0 Å². The van der Waals surface area contributed by atoms with E-state index in [-0.39, 0.29) is 0 Å². The van der Waals surface area contributed by atoms with Crippen molar-refractivity contribution in [2.45, 2.75) is 50.7 Å². The highest BCUT2D eigenvalue weighted by Crippen LogP contribution is 2.36. The Kier molecular flexibility index (Phi) is 3.62. The normalized spacial score (nSPS) is 20.2. The standard InChI is InChI=1S/C14H20O2/c1-2-13(15)14(16)12-8-6-11(7-9-12)10-4-3-5-10/h6-10,13-16H,2-5H2,1H3. The zero-order chi connectivity index (χ0) is 11.5. The van der Waals surface area contributed by atoms with Gasteiger partial charge in [0.05, 0.1) is 6.10 Å². The summed E-state index contributed by atoms with van der Waals surface area (Å²) >= 11 is 0. The lowest BCUT2D eigenvalue weighted by atomic mass is 9.80. The van der Waals surface area contributed by atoms with Crippen LogP contribution in [0.5, 0.6) is 0 Å². The second-order valence-electron chi connectivity index (χ2n) is 4.71. The van der Waals surface area contributed by atoms with E-state index < -0.39 is 12.2 Å². The van der Waals surface area contributed by atoms with Crippen LogP contribution in [-0.4, -0.2) is 16.3 Å². The molecular weight excluding hydrogens is 200 g/mol. The van der Waals surface area contributed by atoms with E-state index in [1.54, 1.807) is 0 Å². The molecule has 88 valence electrons. The van der Waals surface area contributed by atoms with Crippen LogP contribution < -0.4 is 0 Å². The molecule has 2 heteroatoms. The lowest BCUT2D eigenvalue weighted by molar-refractivity contribution is 0.0164. The molecule has 1 aliphatic rings. The van der Waals surface area contributed by atoms with E-state index >= 15 is 0 Å². The third-order valence-electron chi connectivity index (χ3n) is 3.64. The summed E-state index contributed by atoms with van der Waals surface area (Å²) in [6, 6.07) is 8.06. The van der Waals surface area contributed by atoms with E-state index in [0.29, 0.717) is 6.42 Å². The Hall–Kier alpha value is -0.860. The average molecular weight is 220 g/mol. The van der Waals surface area contributed by atoms with Gasteiger partial charge in [0.25, 0.3) is 0 Å². The van der Waals surface area contributed by atoms with Gasteiger partial charge in [-0.1, -0.05) is 37.6 Å². The molecule has 16 heavy (non-hydrogen) atoms. The summed E-state index contributed by atoms with van der Waals surface area (Å²) in [5, 5.41) is 19.4. The molecule has 2 atom stereocenters. The predicted octanol–water partition coefficient (Wildman–Crippen LogP) is 2.76. The topological polar surface area (TPSA) is 40.5 Å². The van der Waals surface area contributed by atoms with Crippen molar-refractivity contribution in [2.24, 2.45) is 0 Å². The lowest BCUT2D eigenvalue weighted by Crippen LogP contribution is -2.17. The third kappa shape index (κ3) is 2.28. The molecule has 1 aliphatic carbocycles. The molecule has 0 aromatic heterocycles. The van der Waals surface area contributed by atoms with Crippen LogP contribution in [0.2, 0.25) is 0 Å². The maximum absolute atomic E-state index is 9.84. The van der Waals surface area contributed by atoms with Gasteiger partial charge in [0.2, 0.25) is 0 Å². The first-order chi connectivity index (χ1) is 7.72. The first-order valence-electron chi connectivity index (χ1n) is 6.18. The molecule has 0 bridgehead atoms. The van der Waals surface area contributed by atoms with E-state index in [1.807, 2.05) is 19.1 Å². The van der Waals surface area contributed by atoms with Gasteiger partial charge in [-0.2, -0.15) is 0 Å². The summed E-state index contributed by atoms with van der Waals surface area (Å²) in [5.74, 6) is 0.724. The van der Waals surface area contributed by atoms with Crippen molar-refractivity contribution in [1.82, 2.24) is 0 Å². The first kappa shape index (κ1) is 11.6. The van der Waals surface area contributed by atoms with Gasteiger partial charge in [0.1, 0.15) is 6.10 Å². The number of aliphatic hydroxyl groups excluding tert-OH is 2. The van der Waals surface area contributed by atoms with Crippen molar-refractivity contribution in [2.75, 3.05) is 0 Å². The maximum Gasteiger partial charge on any atom is 0.105 e. The summed E-state index contributed by atoms with van der Waals surface area (Å²) in [7, 11) is 0. The van der Waals surface area contributed by atoms with Crippen LogP contribution >= 0.6 is 0 Å². The van der Waals surface area contributed by atoms with E-state index in [1.165, 1.54) is 24.8 Å². The van der Waals surface area contributed by atoms with Gasteiger partial charge in [0.15, 0.2) is 0 Å². The fraction of sp³-hybridized carbons (Fsp3) is 0.571. The number of rotatable bonds is 4. The highest BCUT2D eigenvalue weighted by molar-refractivity contribution is 5.28. The fourth-order valence-corrected chi connectivity index (χ4v) is 2.15. The van der Waals surface area contributed by atoms with Gasteiger partial charge in [-0.05, 0) is 36.3 Å². The average Bonchev–Trinajstić information content (AvgIpc) is 2.26. The summed E-state index contributed by atoms with van der Waals surface area (Å²) in [6.07, 6.45) is 3.09. The molecular formula is C14H20O2. The number of benzene rings is 1. The fourth-order valence-electron chi connectivity index (χ4n) is 2.15. The van der Waals surface area contributed by atoms with Gasteiger partial charge in [0, 0.05) is 0 Å². The molecule has 1 aromatic carbocycles. The monoisotopic (exact) mass is 220 g/mol. The molecule has 2 nitrogen and oxygen atoms in total. The van der Waals surface area contributed by atoms with Crippen LogP contribution in [0.15, 0.2) is 24.3 Å². The van der Waals surface area contributed by atoms with Crippen molar-refractivity contribution in [3.8, 4) is 0 Å². The van der Waals surface area contributed by atoms with Gasteiger partial charge in [-0.25, -0.2) is 0 Å². The number of hydrogen-bond donors (Lipinski definition) is 2. The number of aliphatic hydroxyl groups is 2. The van der Waals surface area contributed by atoms with E-state index in [0.717, 1.165) is 11.5 Å². The molecule has 2 N–H and O–H groups in total. The van der Waals surface area contributed by atoms with Gasteiger partial charge in [-0.3, -0.25) is 0 Å². The van der Waals surface area contributed by atoms with Crippen LogP contribution in [0.3, 0.4) is 0 Å². The molecule has 0 heterocycles. The quantitative estimate of drug-likeness (QED) is 0.819. The Balaban J connectivity index is 2.06. The largest absolute Gasteiger partial charge is 0.390 e. The number of hydrogen-bond acceptors (Lipinski definition) is 2. The second-order valence-corrected chi connectivity index (χ2v) is 4.71. The van der Waals surface area contributed by atoms with Crippen molar-refractivity contribution in [3.05, 3.63) is 35.4 Å². The molecule has 0 amide bonds. The zero-order valence-corrected chi connectivity index (χ0v) is 9.76. The van der Waals surface area contributed by atoms with Crippen LogP contribution in [0.25, 0.3) is 0 Å². The molecule has 2 rings (SSSR count). The van der Waals surface area contributed by atoms with Gasteiger partial charge in [-0.15, -0.1) is 0 Å². The Morgan fingerprint density at radius 1 is 1.19 bits per heavy atom. The molecule has 1 fully saturated rings. The third-order valence-corrected chi connectivity index (χ3v) is 3.64. The minimum Gasteiger partial charge on any atom is -0.390 e.